The third kappa shape index (κ3) is 5.01. The molecule has 0 bridgehead atoms. The molecule has 2 heteroatoms. The van der Waals surface area contributed by atoms with Crippen molar-refractivity contribution in [3.8, 4) is 56.2 Å². The highest BCUT2D eigenvalue weighted by atomic mass is 14.9. The average Bonchev–Trinajstić information content (AvgIpc) is 3.18. The summed E-state index contributed by atoms with van der Waals surface area (Å²) >= 11 is 0. The van der Waals surface area contributed by atoms with Crippen LogP contribution in [0.25, 0.3) is 88.5 Å². The number of nitrogens with zero attached hydrogens (tertiary/aromatic N) is 2. The Morgan fingerprint density at radius 2 is 0.646 bits per heavy atom. The highest BCUT2D eigenvalue weighted by Crippen LogP contribution is 2.39. The van der Waals surface area contributed by atoms with Crippen LogP contribution in [0, 0.1) is 0 Å². The summed E-state index contributed by atoms with van der Waals surface area (Å²) in [6, 6.07) is 64.6. The first-order chi connectivity index (χ1) is 23.8. The first-order valence-electron chi connectivity index (χ1n) is 16.3. The largest absolute Gasteiger partial charge is 0.228 e. The molecular weight excluding hydrogens is 581 g/mol. The van der Waals surface area contributed by atoms with E-state index in [4.69, 9.17) is 9.97 Å². The van der Waals surface area contributed by atoms with Gasteiger partial charge in [0.15, 0.2) is 5.82 Å². The molecule has 0 fully saturated rings. The zero-order chi connectivity index (χ0) is 31.9. The van der Waals surface area contributed by atoms with E-state index in [-0.39, 0.29) is 0 Å². The van der Waals surface area contributed by atoms with Gasteiger partial charge in [-0.05, 0) is 84.9 Å². The lowest BCUT2D eigenvalue weighted by atomic mass is 9.90. The second kappa shape index (κ2) is 11.8. The summed E-state index contributed by atoms with van der Waals surface area (Å²) in [6.07, 6.45) is 0. The van der Waals surface area contributed by atoms with E-state index in [1.807, 2.05) is 24.3 Å². The predicted molar refractivity (Wildman–Crippen MR) is 202 cm³/mol. The lowest BCUT2D eigenvalue weighted by Gasteiger charge is -2.15. The van der Waals surface area contributed by atoms with Crippen LogP contribution in [0.15, 0.2) is 182 Å². The molecule has 1 heterocycles. The van der Waals surface area contributed by atoms with Crippen molar-refractivity contribution >= 4 is 32.3 Å². The number of fused-ring (bicyclic) bond motifs is 6. The average molecular weight is 611 g/mol. The van der Waals surface area contributed by atoms with E-state index >= 15 is 0 Å². The maximum Gasteiger partial charge on any atom is 0.160 e. The van der Waals surface area contributed by atoms with Gasteiger partial charge in [0.25, 0.3) is 0 Å². The van der Waals surface area contributed by atoms with Gasteiger partial charge in [0.1, 0.15) is 0 Å². The second-order valence-corrected chi connectivity index (χ2v) is 12.2. The summed E-state index contributed by atoms with van der Waals surface area (Å²) in [4.78, 5) is 10.2. The second-order valence-electron chi connectivity index (χ2n) is 12.2. The standard InChI is InChI=1S/C46H30N2/c1-4-14-31(15-5-1)35-26-36(34-24-25-42-40-22-11-10-20-38(40)39-21-12-13-23-41(39)43(42)29-34)28-37(27-35)45-30-44(32-16-6-2-7-17-32)47-46(48-45)33-18-8-3-9-19-33/h1-30H. The Hall–Kier alpha value is -6.38. The zero-order valence-electron chi connectivity index (χ0n) is 26.2. The Morgan fingerprint density at radius 1 is 0.229 bits per heavy atom. The van der Waals surface area contributed by atoms with Crippen LogP contribution in [0.3, 0.4) is 0 Å². The normalized spacial score (nSPS) is 11.3. The lowest BCUT2D eigenvalue weighted by Crippen LogP contribution is -1.96. The van der Waals surface area contributed by atoms with Gasteiger partial charge in [0.05, 0.1) is 11.4 Å². The van der Waals surface area contributed by atoms with Gasteiger partial charge in [-0.25, -0.2) is 9.97 Å². The molecule has 0 amide bonds. The number of aromatic nitrogens is 2. The third-order valence-corrected chi connectivity index (χ3v) is 9.24. The van der Waals surface area contributed by atoms with Crippen LogP contribution in [0.5, 0.6) is 0 Å². The Bertz CT molecular complexity index is 2500. The van der Waals surface area contributed by atoms with E-state index in [0.717, 1.165) is 39.2 Å². The van der Waals surface area contributed by atoms with Crippen LogP contribution in [0.4, 0.5) is 0 Å². The topological polar surface area (TPSA) is 25.8 Å². The first-order valence-corrected chi connectivity index (χ1v) is 16.3. The van der Waals surface area contributed by atoms with Gasteiger partial charge < -0.3 is 0 Å². The van der Waals surface area contributed by atoms with E-state index in [0.29, 0.717) is 5.82 Å². The van der Waals surface area contributed by atoms with Crippen molar-refractivity contribution in [1.82, 2.24) is 9.97 Å². The van der Waals surface area contributed by atoms with Crippen molar-refractivity contribution in [1.29, 1.82) is 0 Å². The fraction of sp³-hybridized carbons (Fsp3) is 0. The molecule has 0 spiro atoms. The Kier molecular flexibility index (Phi) is 6.84. The van der Waals surface area contributed by atoms with E-state index in [1.54, 1.807) is 0 Å². The summed E-state index contributed by atoms with van der Waals surface area (Å²) in [5, 5.41) is 7.63. The van der Waals surface area contributed by atoms with Crippen molar-refractivity contribution in [2.24, 2.45) is 0 Å². The quantitative estimate of drug-likeness (QED) is 0.181. The summed E-state index contributed by atoms with van der Waals surface area (Å²) < 4.78 is 0. The van der Waals surface area contributed by atoms with Gasteiger partial charge in [0, 0.05) is 16.7 Å². The van der Waals surface area contributed by atoms with Crippen molar-refractivity contribution in [2.75, 3.05) is 0 Å². The molecule has 0 saturated carbocycles. The van der Waals surface area contributed by atoms with Gasteiger partial charge >= 0.3 is 0 Å². The van der Waals surface area contributed by atoms with Crippen molar-refractivity contribution < 1.29 is 0 Å². The number of rotatable bonds is 5. The Balaban J connectivity index is 1.29. The lowest BCUT2D eigenvalue weighted by molar-refractivity contribution is 1.18. The molecular formula is C46H30N2. The minimum absolute atomic E-state index is 0.711. The van der Waals surface area contributed by atoms with Gasteiger partial charge in [-0.1, -0.05) is 152 Å². The zero-order valence-corrected chi connectivity index (χ0v) is 26.2. The Labute approximate surface area is 279 Å². The first kappa shape index (κ1) is 27.9. The summed E-state index contributed by atoms with van der Waals surface area (Å²) in [5.74, 6) is 0.711. The summed E-state index contributed by atoms with van der Waals surface area (Å²) in [6.45, 7) is 0. The molecule has 0 aliphatic rings. The minimum atomic E-state index is 0.711. The van der Waals surface area contributed by atoms with E-state index < -0.39 is 0 Å². The molecule has 0 saturated heterocycles. The van der Waals surface area contributed by atoms with Crippen molar-refractivity contribution in [3.05, 3.63) is 182 Å². The maximum atomic E-state index is 5.18. The molecule has 0 aliphatic heterocycles. The van der Waals surface area contributed by atoms with Crippen LogP contribution in [-0.4, -0.2) is 9.97 Å². The number of benzene rings is 8. The molecule has 2 nitrogen and oxygen atoms in total. The van der Waals surface area contributed by atoms with Crippen LogP contribution in [-0.2, 0) is 0 Å². The molecule has 0 aliphatic carbocycles. The molecule has 224 valence electrons. The van der Waals surface area contributed by atoms with Crippen LogP contribution in [0.2, 0.25) is 0 Å². The molecule has 0 unspecified atom stereocenters. The molecule has 9 aromatic rings. The van der Waals surface area contributed by atoms with Crippen LogP contribution in [0.1, 0.15) is 0 Å². The van der Waals surface area contributed by atoms with Gasteiger partial charge in [-0.2, -0.15) is 0 Å². The SMILES string of the molecule is c1ccc(-c2cc(-c3ccc4c5ccccc5c5ccccc5c4c3)cc(-c3cc(-c4ccccc4)nc(-c4ccccc4)n3)c2)cc1. The molecule has 8 aromatic carbocycles. The molecule has 0 N–H and O–H groups in total. The van der Waals surface area contributed by atoms with Crippen LogP contribution < -0.4 is 0 Å². The molecule has 0 atom stereocenters. The van der Waals surface area contributed by atoms with Crippen molar-refractivity contribution in [3.63, 3.8) is 0 Å². The molecule has 48 heavy (non-hydrogen) atoms. The number of hydrogen-bond donors (Lipinski definition) is 0. The Morgan fingerprint density at radius 3 is 1.23 bits per heavy atom. The van der Waals surface area contributed by atoms with Gasteiger partial charge in [0.2, 0.25) is 0 Å². The van der Waals surface area contributed by atoms with E-state index in [1.165, 1.54) is 43.4 Å². The van der Waals surface area contributed by atoms with Crippen molar-refractivity contribution in [2.45, 2.75) is 0 Å². The summed E-state index contributed by atoms with van der Waals surface area (Å²) in [5.41, 5.74) is 9.51. The van der Waals surface area contributed by atoms with E-state index in [9.17, 15) is 0 Å². The monoisotopic (exact) mass is 610 g/mol. The molecule has 9 rings (SSSR count). The van der Waals surface area contributed by atoms with Gasteiger partial charge in [-0.3, -0.25) is 0 Å². The maximum absolute atomic E-state index is 5.18. The third-order valence-electron chi connectivity index (χ3n) is 9.24. The van der Waals surface area contributed by atoms with Crippen LogP contribution >= 0.6 is 0 Å². The minimum Gasteiger partial charge on any atom is -0.228 e. The fourth-order valence-corrected chi connectivity index (χ4v) is 6.89. The van der Waals surface area contributed by atoms with E-state index in [2.05, 4.69) is 158 Å². The molecule has 0 radical (unpaired) electrons. The van der Waals surface area contributed by atoms with Gasteiger partial charge in [-0.15, -0.1) is 0 Å². The summed E-state index contributed by atoms with van der Waals surface area (Å²) in [7, 11) is 0. The predicted octanol–water partition coefficient (Wildman–Crippen LogP) is 12.3. The molecule has 1 aromatic heterocycles. The fourth-order valence-electron chi connectivity index (χ4n) is 6.89. The highest BCUT2D eigenvalue weighted by Gasteiger charge is 2.15. The smallest absolute Gasteiger partial charge is 0.160 e. The highest BCUT2D eigenvalue weighted by molar-refractivity contribution is 6.25. The number of hydrogen-bond acceptors (Lipinski definition) is 2.